The first kappa shape index (κ1) is 12.4. The Morgan fingerprint density at radius 2 is 2.22 bits per heavy atom. The molecular weight excluding hydrogens is 246 g/mol. The lowest BCUT2D eigenvalue weighted by Crippen LogP contribution is -2.31. The minimum Gasteiger partial charge on any atom is -0.390 e. The summed E-state index contributed by atoms with van der Waals surface area (Å²) in [6.45, 7) is -1.95. The second kappa shape index (κ2) is 4.69. The van der Waals surface area contributed by atoms with E-state index in [4.69, 9.17) is 5.11 Å². The Morgan fingerprint density at radius 1 is 1.44 bits per heavy atom. The number of rotatable bonds is 5. The molecule has 0 aromatic carbocycles. The summed E-state index contributed by atoms with van der Waals surface area (Å²) in [6.07, 6.45) is 1.40. The van der Waals surface area contributed by atoms with Crippen LogP contribution in [0.4, 0.5) is 20.5 Å². The van der Waals surface area contributed by atoms with Gasteiger partial charge in [0.1, 0.15) is 12.1 Å². The lowest BCUT2D eigenvalue weighted by molar-refractivity contribution is -0.0373. The molecule has 0 saturated heterocycles. The van der Waals surface area contributed by atoms with Gasteiger partial charge >= 0.3 is 0 Å². The van der Waals surface area contributed by atoms with Crippen LogP contribution in [0.5, 0.6) is 0 Å². The summed E-state index contributed by atoms with van der Waals surface area (Å²) < 4.78 is 25.9. The zero-order chi connectivity index (χ0) is 13.2. The van der Waals surface area contributed by atoms with E-state index < -0.39 is 19.1 Å². The Kier molecular flexibility index (Phi) is 3.24. The van der Waals surface area contributed by atoms with Crippen LogP contribution in [0.3, 0.4) is 0 Å². The summed E-state index contributed by atoms with van der Waals surface area (Å²) in [6, 6.07) is 0. The van der Waals surface area contributed by atoms with Crippen molar-refractivity contribution in [3.8, 4) is 0 Å². The predicted octanol–water partition coefficient (Wildman–Crippen LogP) is 0.434. The minimum absolute atomic E-state index is 0.204. The first-order valence-electron chi connectivity index (χ1n) is 5.17. The van der Waals surface area contributed by atoms with E-state index in [2.05, 4.69) is 30.6 Å². The van der Waals surface area contributed by atoms with Gasteiger partial charge in [0.25, 0.3) is 5.92 Å². The van der Waals surface area contributed by atoms with E-state index in [9.17, 15) is 8.78 Å². The molecule has 2 heterocycles. The Hall–Kier alpha value is -2.03. The maximum atomic E-state index is 12.9. The third-order valence-corrected chi connectivity index (χ3v) is 2.26. The highest BCUT2D eigenvalue weighted by atomic mass is 19.3. The van der Waals surface area contributed by atoms with E-state index >= 15 is 0 Å². The van der Waals surface area contributed by atoms with E-state index in [0.29, 0.717) is 11.2 Å². The van der Waals surface area contributed by atoms with Crippen LogP contribution < -0.4 is 10.6 Å². The molecule has 0 fully saturated rings. The lowest BCUT2D eigenvalue weighted by atomic mass is 10.3. The van der Waals surface area contributed by atoms with Gasteiger partial charge < -0.3 is 20.7 Å². The number of alkyl halides is 2. The number of H-pyrrole nitrogens is 1. The van der Waals surface area contributed by atoms with Gasteiger partial charge in [0.2, 0.25) is 5.95 Å². The van der Waals surface area contributed by atoms with E-state index in [1.54, 1.807) is 7.05 Å². The standard InChI is InChI=1S/C9H12F2N6O/c1-12-8-16-6(13-2-9(10,11)3-18)5-7(17-8)15-4-14-5/h4,18H,2-3H2,1H3,(H3,12,13,14,15,16,17). The van der Waals surface area contributed by atoms with Gasteiger partial charge in [-0.2, -0.15) is 9.97 Å². The summed E-state index contributed by atoms with van der Waals surface area (Å²) in [5.74, 6) is -2.74. The molecule has 0 spiro atoms. The number of nitrogens with one attached hydrogen (secondary N) is 3. The van der Waals surface area contributed by atoms with Gasteiger partial charge in [-0.05, 0) is 0 Å². The van der Waals surface area contributed by atoms with Crippen LogP contribution in [0.2, 0.25) is 0 Å². The fourth-order valence-electron chi connectivity index (χ4n) is 1.34. The molecule has 18 heavy (non-hydrogen) atoms. The fourth-order valence-corrected chi connectivity index (χ4v) is 1.34. The van der Waals surface area contributed by atoms with Crippen LogP contribution in [-0.2, 0) is 0 Å². The number of aliphatic hydroxyl groups excluding tert-OH is 1. The van der Waals surface area contributed by atoms with Crippen LogP contribution in [0, 0.1) is 0 Å². The SMILES string of the molecule is CNc1nc(NCC(F)(F)CO)c2[nH]cnc2n1. The highest BCUT2D eigenvalue weighted by molar-refractivity contribution is 5.83. The number of aromatic amines is 1. The topological polar surface area (TPSA) is 98.8 Å². The molecule has 0 amide bonds. The van der Waals surface area contributed by atoms with Gasteiger partial charge in [0, 0.05) is 7.05 Å². The monoisotopic (exact) mass is 258 g/mol. The number of aliphatic hydroxyl groups is 1. The summed E-state index contributed by atoms with van der Waals surface area (Å²) in [5.41, 5.74) is 0.798. The molecule has 9 heteroatoms. The Balaban J connectivity index is 2.28. The van der Waals surface area contributed by atoms with Crippen molar-refractivity contribution in [2.24, 2.45) is 0 Å². The molecule has 0 bridgehead atoms. The Bertz CT molecular complexity index is 543. The van der Waals surface area contributed by atoms with Crippen molar-refractivity contribution < 1.29 is 13.9 Å². The third-order valence-electron chi connectivity index (χ3n) is 2.26. The first-order chi connectivity index (χ1) is 8.55. The van der Waals surface area contributed by atoms with Crippen LogP contribution in [0.15, 0.2) is 6.33 Å². The average molecular weight is 258 g/mol. The summed E-state index contributed by atoms with van der Waals surface area (Å²) >= 11 is 0. The molecule has 7 nitrogen and oxygen atoms in total. The summed E-state index contributed by atoms with van der Waals surface area (Å²) in [7, 11) is 1.61. The van der Waals surface area contributed by atoms with Crippen LogP contribution in [0.25, 0.3) is 11.2 Å². The molecule has 4 N–H and O–H groups in total. The van der Waals surface area contributed by atoms with Crippen molar-refractivity contribution in [3.05, 3.63) is 6.33 Å². The summed E-state index contributed by atoms with van der Waals surface area (Å²) in [4.78, 5) is 14.7. The lowest BCUT2D eigenvalue weighted by Gasteiger charge is -2.14. The number of nitrogens with zero attached hydrogens (tertiary/aromatic N) is 3. The first-order valence-corrected chi connectivity index (χ1v) is 5.17. The Labute approximate surface area is 101 Å². The molecule has 0 aliphatic rings. The highest BCUT2D eigenvalue weighted by Gasteiger charge is 2.28. The van der Waals surface area contributed by atoms with Gasteiger partial charge in [-0.3, -0.25) is 0 Å². The van der Waals surface area contributed by atoms with Crippen LogP contribution in [-0.4, -0.2) is 51.2 Å². The van der Waals surface area contributed by atoms with E-state index in [1.165, 1.54) is 6.33 Å². The second-order valence-electron chi connectivity index (χ2n) is 3.61. The second-order valence-corrected chi connectivity index (χ2v) is 3.61. The van der Waals surface area contributed by atoms with Crippen molar-refractivity contribution >= 4 is 22.9 Å². The largest absolute Gasteiger partial charge is 0.390 e. The van der Waals surface area contributed by atoms with Gasteiger partial charge in [-0.15, -0.1) is 0 Å². The van der Waals surface area contributed by atoms with Crippen molar-refractivity contribution in [2.45, 2.75) is 5.92 Å². The number of halogens is 2. The highest BCUT2D eigenvalue weighted by Crippen LogP contribution is 2.20. The number of hydrogen-bond acceptors (Lipinski definition) is 6. The van der Waals surface area contributed by atoms with Gasteiger partial charge in [-0.1, -0.05) is 0 Å². The molecule has 0 radical (unpaired) electrons. The van der Waals surface area contributed by atoms with Crippen molar-refractivity contribution in [2.75, 3.05) is 30.8 Å². The minimum atomic E-state index is -3.21. The molecule has 98 valence electrons. The third kappa shape index (κ3) is 2.45. The van der Waals surface area contributed by atoms with Gasteiger partial charge in [-0.25, -0.2) is 13.8 Å². The van der Waals surface area contributed by atoms with Gasteiger partial charge in [0.15, 0.2) is 11.5 Å². The molecule has 2 aromatic rings. The number of hydrogen-bond donors (Lipinski definition) is 4. The quantitative estimate of drug-likeness (QED) is 0.621. The van der Waals surface area contributed by atoms with Gasteiger partial charge in [0.05, 0.1) is 12.9 Å². The molecule has 0 unspecified atom stereocenters. The zero-order valence-electron chi connectivity index (χ0n) is 9.54. The van der Waals surface area contributed by atoms with Crippen LogP contribution in [0.1, 0.15) is 0 Å². The van der Waals surface area contributed by atoms with Crippen LogP contribution >= 0.6 is 0 Å². The molecule has 0 aliphatic carbocycles. The smallest absolute Gasteiger partial charge is 0.287 e. The molecule has 0 saturated carbocycles. The van der Waals surface area contributed by atoms with Crippen molar-refractivity contribution in [1.29, 1.82) is 0 Å². The predicted molar refractivity (Wildman–Crippen MR) is 61.8 cm³/mol. The molecular formula is C9H12F2N6O. The number of anilines is 2. The molecule has 0 aliphatic heterocycles. The molecule has 2 rings (SSSR count). The van der Waals surface area contributed by atoms with E-state index in [0.717, 1.165) is 0 Å². The van der Waals surface area contributed by atoms with Crippen molar-refractivity contribution in [1.82, 2.24) is 19.9 Å². The average Bonchev–Trinajstić information content (AvgIpc) is 2.84. The number of aromatic nitrogens is 4. The molecule has 0 atom stereocenters. The summed E-state index contributed by atoms with van der Waals surface area (Å²) in [5, 5.41) is 13.7. The van der Waals surface area contributed by atoms with E-state index in [-0.39, 0.29) is 11.8 Å². The van der Waals surface area contributed by atoms with E-state index in [1.807, 2.05) is 0 Å². The normalized spacial score (nSPS) is 11.8. The molecule has 2 aromatic heterocycles. The number of imidazole rings is 1. The zero-order valence-corrected chi connectivity index (χ0v) is 9.54. The number of fused-ring (bicyclic) bond motifs is 1. The maximum absolute atomic E-state index is 12.9. The fraction of sp³-hybridized carbons (Fsp3) is 0.444. The maximum Gasteiger partial charge on any atom is 0.287 e. The van der Waals surface area contributed by atoms with Crippen molar-refractivity contribution in [3.63, 3.8) is 0 Å². The Morgan fingerprint density at radius 3 is 2.89 bits per heavy atom.